The molecule has 21 heavy (non-hydrogen) atoms. The van der Waals surface area contributed by atoms with Gasteiger partial charge in [-0.15, -0.1) is 0 Å². The highest BCUT2D eigenvalue weighted by Gasteiger charge is 2.12. The molecule has 0 N–H and O–H groups in total. The zero-order chi connectivity index (χ0) is 15.2. The van der Waals surface area contributed by atoms with E-state index < -0.39 is 4.92 Å². The van der Waals surface area contributed by atoms with Crippen LogP contribution in [-0.4, -0.2) is 16.1 Å². The third-order valence-corrected chi connectivity index (χ3v) is 3.06. The Kier molecular flexibility index (Phi) is 4.71. The Morgan fingerprint density at radius 2 is 2.00 bits per heavy atom. The quantitative estimate of drug-likeness (QED) is 0.465. The van der Waals surface area contributed by atoms with E-state index in [-0.39, 0.29) is 11.2 Å². The Hall–Kier alpha value is -2.63. The minimum Gasteiger partial charge on any atom is -0.494 e. The highest BCUT2D eigenvalue weighted by Crippen LogP contribution is 2.14. The number of nitrogens with zero attached hydrogens (tertiary/aromatic N) is 2. The number of hydrogen-bond donors (Lipinski definition) is 0. The summed E-state index contributed by atoms with van der Waals surface area (Å²) in [7, 11) is 0. The monoisotopic (exact) mass is 288 g/mol. The van der Waals surface area contributed by atoms with Gasteiger partial charge < -0.3 is 9.30 Å². The minimum atomic E-state index is -0.480. The molecule has 0 atom stereocenters. The smallest absolute Gasteiger partial charge is 0.288 e. The SMILES string of the molecule is Cc1cc(=O)n(CCCOc2ccccc2)cc1[N+](=O)[O-]. The zero-order valence-electron chi connectivity index (χ0n) is 11.7. The average molecular weight is 288 g/mol. The number of para-hydroxylation sites is 1. The van der Waals surface area contributed by atoms with Crippen molar-refractivity contribution < 1.29 is 9.66 Å². The fourth-order valence-electron chi connectivity index (χ4n) is 1.96. The van der Waals surface area contributed by atoms with Gasteiger partial charge in [-0.2, -0.15) is 0 Å². The number of hydrogen-bond acceptors (Lipinski definition) is 4. The molecule has 0 unspecified atom stereocenters. The van der Waals surface area contributed by atoms with E-state index in [4.69, 9.17) is 4.74 Å². The lowest BCUT2D eigenvalue weighted by Gasteiger charge is -2.08. The maximum absolute atomic E-state index is 11.8. The highest BCUT2D eigenvalue weighted by molar-refractivity contribution is 5.35. The molecule has 1 aromatic carbocycles. The summed E-state index contributed by atoms with van der Waals surface area (Å²) in [5.41, 5.74) is 0.0955. The van der Waals surface area contributed by atoms with Gasteiger partial charge in [0.1, 0.15) is 5.75 Å². The summed E-state index contributed by atoms with van der Waals surface area (Å²) in [6.07, 6.45) is 1.88. The molecule has 0 radical (unpaired) electrons. The van der Waals surface area contributed by atoms with Crippen LogP contribution in [0.5, 0.6) is 5.75 Å². The van der Waals surface area contributed by atoms with Crippen molar-refractivity contribution in [3.8, 4) is 5.75 Å². The first-order valence-electron chi connectivity index (χ1n) is 6.61. The van der Waals surface area contributed by atoms with Crippen molar-refractivity contribution in [3.05, 3.63) is 68.6 Å². The van der Waals surface area contributed by atoms with Crippen LogP contribution in [-0.2, 0) is 6.54 Å². The van der Waals surface area contributed by atoms with Crippen LogP contribution < -0.4 is 10.3 Å². The lowest BCUT2D eigenvalue weighted by molar-refractivity contribution is -0.385. The number of ether oxygens (including phenoxy) is 1. The second kappa shape index (κ2) is 6.69. The van der Waals surface area contributed by atoms with Gasteiger partial charge in [0.05, 0.1) is 17.7 Å². The number of pyridine rings is 1. The Labute approximate surface area is 121 Å². The first-order valence-corrected chi connectivity index (χ1v) is 6.61. The summed E-state index contributed by atoms with van der Waals surface area (Å²) >= 11 is 0. The molecule has 0 fully saturated rings. The van der Waals surface area contributed by atoms with E-state index in [2.05, 4.69) is 0 Å². The molecule has 0 saturated carbocycles. The maximum Gasteiger partial charge on any atom is 0.288 e. The van der Waals surface area contributed by atoms with Crippen molar-refractivity contribution in [2.45, 2.75) is 19.9 Å². The van der Waals surface area contributed by atoms with Gasteiger partial charge >= 0.3 is 0 Å². The van der Waals surface area contributed by atoms with E-state index >= 15 is 0 Å². The summed E-state index contributed by atoms with van der Waals surface area (Å²) in [6, 6.07) is 10.6. The molecule has 0 aliphatic carbocycles. The first kappa shape index (κ1) is 14.8. The van der Waals surface area contributed by atoms with Crippen molar-refractivity contribution in [2.24, 2.45) is 0 Å². The number of aromatic nitrogens is 1. The van der Waals surface area contributed by atoms with Crippen LogP contribution in [0, 0.1) is 17.0 Å². The van der Waals surface area contributed by atoms with Crippen LogP contribution in [0.1, 0.15) is 12.0 Å². The van der Waals surface area contributed by atoms with Crippen LogP contribution in [0.2, 0.25) is 0 Å². The van der Waals surface area contributed by atoms with Gasteiger partial charge in [-0.1, -0.05) is 18.2 Å². The van der Waals surface area contributed by atoms with Gasteiger partial charge in [-0.05, 0) is 25.5 Å². The van der Waals surface area contributed by atoms with Gasteiger partial charge in [0.25, 0.3) is 11.2 Å². The van der Waals surface area contributed by atoms with Crippen LogP contribution in [0.15, 0.2) is 47.4 Å². The molecule has 1 heterocycles. The zero-order valence-corrected chi connectivity index (χ0v) is 11.7. The Balaban J connectivity index is 1.96. The van der Waals surface area contributed by atoms with Crippen LogP contribution in [0.4, 0.5) is 5.69 Å². The summed E-state index contributed by atoms with van der Waals surface area (Å²) < 4.78 is 6.87. The number of rotatable bonds is 6. The molecule has 0 amide bonds. The molecule has 2 aromatic rings. The molecule has 0 aliphatic heterocycles. The summed E-state index contributed by atoms with van der Waals surface area (Å²) in [4.78, 5) is 22.2. The highest BCUT2D eigenvalue weighted by atomic mass is 16.6. The predicted octanol–water partition coefficient (Wildman–Crippen LogP) is 2.53. The minimum absolute atomic E-state index is 0.0430. The second-order valence-corrected chi connectivity index (χ2v) is 4.65. The van der Waals surface area contributed by atoms with E-state index in [0.29, 0.717) is 25.1 Å². The molecular weight excluding hydrogens is 272 g/mol. The third-order valence-electron chi connectivity index (χ3n) is 3.06. The average Bonchev–Trinajstić information content (AvgIpc) is 2.46. The standard InChI is InChI=1S/C15H16N2O4/c1-12-10-15(18)16(11-14(12)17(19)20)8-5-9-21-13-6-3-2-4-7-13/h2-4,6-7,10-11H,5,8-9H2,1H3. The van der Waals surface area contributed by atoms with Crippen molar-refractivity contribution in [3.63, 3.8) is 0 Å². The van der Waals surface area contributed by atoms with Crippen molar-refractivity contribution in [1.82, 2.24) is 4.57 Å². The number of benzene rings is 1. The number of aryl methyl sites for hydroxylation is 2. The van der Waals surface area contributed by atoms with Crippen LogP contribution in [0.25, 0.3) is 0 Å². The molecule has 110 valence electrons. The Bertz CT molecular complexity index is 680. The van der Waals surface area contributed by atoms with Gasteiger partial charge in [0.15, 0.2) is 0 Å². The van der Waals surface area contributed by atoms with Crippen LogP contribution in [0.3, 0.4) is 0 Å². The first-order chi connectivity index (χ1) is 10.1. The molecule has 2 rings (SSSR count). The molecule has 0 spiro atoms. The van der Waals surface area contributed by atoms with Gasteiger partial charge in [-0.3, -0.25) is 14.9 Å². The molecular formula is C15H16N2O4. The fraction of sp³-hybridized carbons (Fsp3) is 0.267. The van der Waals surface area contributed by atoms with E-state index in [1.807, 2.05) is 30.3 Å². The van der Waals surface area contributed by atoms with Crippen molar-refractivity contribution >= 4 is 5.69 Å². The second-order valence-electron chi connectivity index (χ2n) is 4.65. The summed E-state index contributed by atoms with van der Waals surface area (Å²) in [6.45, 7) is 2.38. The van der Waals surface area contributed by atoms with E-state index in [9.17, 15) is 14.9 Å². The van der Waals surface area contributed by atoms with E-state index in [1.54, 1.807) is 6.92 Å². The normalized spacial score (nSPS) is 10.3. The molecule has 0 saturated heterocycles. The molecule has 6 heteroatoms. The Morgan fingerprint density at radius 1 is 1.29 bits per heavy atom. The van der Waals surface area contributed by atoms with Gasteiger partial charge in [-0.25, -0.2) is 0 Å². The fourth-order valence-corrected chi connectivity index (χ4v) is 1.96. The lowest BCUT2D eigenvalue weighted by atomic mass is 10.2. The summed E-state index contributed by atoms with van der Waals surface area (Å²) in [5, 5.41) is 10.9. The van der Waals surface area contributed by atoms with E-state index in [0.717, 1.165) is 5.75 Å². The van der Waals surface area contributed by atoms with Gasteiger partial charge in [0, 0.05) is 18.2 Å². The summed E-state index contributed by atoms with van der Waals surface area (Å²) in [5.74, 6) is 0.764. The lowest BCUT2D eigenvalue weighted by Crippen LogP contribution is -2.21. The van der Waals surface area contributed by atoms with Crippen LogP contribution >= 0.6 is 0 Å². The van der Waals surface area contributed by atoms with E-state index in [1.165, 1.54) is 16.8 Å². The molecule has 1 aromatic heterocycles. The topological polar surface area (TPSA) is 74.4 Å². The predicted molar refractivity (Wildman–Crippen MR) is 78.6 cm³/mol. The Morgan fingerprint density at radius 3 is 2.67 bits per heavy atom. The van der Waals surface area contributed by atoms with Crippen molar-refractivity contribution in [2.75, 3.05) is 6.61 Å². The third kappa shape index (κ3) is 3.92. The molecule has 0 aliphatic rings. The largest absolute Gasteiger partial charge is 0.494 e. The number of nitro groups is 1. The van der Waals surface area contributed by atoms with Crippen molar-refractivity contribution in [1.29, 1.82) is 0 Å². The maximum atomic E-state index is 11.8. The molecule has 6 nitrogen and oxygen atoms in total. The van der Waals surface area contributed by atoms with Gasteiger partial charge in [0.2, 0.25) is 0 Å². The molecule has 0 bridgehead atoms.